The summed E-state index contributed by atoms with van der Waals surface area (Å²) in [4.78, 5) is 11.7. The van der Waals surface area contributed by atoms with Crippen LogP contribution >= 0.6 is 0 Å². The number of hydrogen-bond donors (Lipinski definition) is 3. The predicted octanol–water partition coefficient (Wildman–Crippen LogP) is 3.13. The highest BCUT2D eigenvalue weighted by molar-refractivity contribution is 5.89. The van der Waals surface area contributed by atoms with E-state index < -0.39 is 23.8 Å². The molecule has 2 rings (SSSR count). The molecule has 0 saturated heterocycles. The van der Waals surface area contributed by atoms with Crippen molar-refractivity contribution in [2.45, 2.75) is 13.0 Å². The quantitative estimate of drug-likeness (QED) is 0.812. The van der Waals surface area contributed by atoms with Gasteiger partial charge < -0.3 is 15.7 Å². The number of rotatable bonds is 4. The van der Waals surface area contributed by atoms with Gasteiger partial charge in [0.1, 0.15) is 11.6 Å². The number of carbonyl (C=O) groups is 1. The normalized spacial score (nSPS) is 11.8. The second-order valence-electron chi connectivity index (χ2n) is 4.84. The highest BCUT2D eigenvalue weighted by Crippen LogP contribution is 2.16. The maximum absolute atomic E-state index is 13.5. The molecule has 0 unspecified atom stereocenters. The van der Waals surface area contributed by atoms with Crippen LogP contribution in [0.2, 0.25) is 0 Å². The van der Waals surface area contributed by atoms with Crippen molar-refractivity contribution >= 4 is 11.7 Å². The maximum Gasteiger partial charge on any atom is 0.319 e. The summed E-state index contributed by atoms with van der Waals surface area (Å²) < 4.78 is 26.8. The number of aliphatic hydroxyl groups is 1. The second-order valence-corrected chi connectivity index (χ2v) is 4.84. The first kappa shape index (κ1) is 15.9. The summed E-state index contributed by atoms with van der Waals surface area (Å²) in [5.41, 5.74) is 0.867. The second kappa shape index (κ2) is 7.00. The molecule has 6 heteroatoms. The van der Waals surface area contributed by atoms with Gasteiger partial charge in [0, 0.05) is 17.8 Å². The molecular formula is C16H16F2N2O2. The molecule has 4 nitrogen and oxygen atoms in total. The molecular weight excluding hydrogens is 290 g/mol. The van der Waals surface area contributed by atoms with Gasteiger partial charge in [0.2, 0.25) is 0 Å². The van der Waals surface area contributed by atoms with Crippen LogP contribution in [0.25, 0.3) is 0 Å². The lowest BCUT2D eigenvalue weighted by atomic mass is 10.1. The number of urea groups is 1. The minimum atomic E-state index is -1.17. The summed E-state index contributed by atoms with van der Waals surface area (Å²) in [6, 6.07) is 9.46. The van der Waals surface area contributed by atoms with Gasteiger partial charge in [-0.1, -0.05) is 24.3 Å². The van der Waals surface area contributed by atoms with Gasteiger partial charge in [-0.15, -0.1) is 0 Å². The predicted molar refractivity (Wildman–Crippen MR) is 79.5 cm³/mol. The summed E-state index contributed by atoms with van der Waals surface area (Å²) in [6.45, 7) is 1.45. The van der Waals surface area contributed by atoms with Crippen molar-refractivity contribution in [3.8, 4) is 0 Å². The van der Waals surface area contributed by atoms with Crippen molar-refractivity contribution in [1.29, 1.82) is 0 Å². The Morgan fingerprint density at radius 2 is 1.91 bits per heavy atom. The fourth-order valence-corrected chi connectivity index (χ4v) is 1.89. The molecule has 0 aromatic heterocycles. The molecule has 0 spiro atoms. The van der Waals surface area contributed by atoms with E-state index in [1.165, 1.54) is 24.3 Å². The van der Waals surface area contributed by atoms with E-state index in [0.29, 0.717) is 11.3 Å². The van der Waals surface area contributed by atoms with E-state index >= 15 is 0 Å². The lowest BCUT2D eigenvalue weighted by molar-refractivity contribution is 0.170. The first-order valence-electron chi connectivity index (χ1n) is 6.71. The van der Waals surface area contributed by atoms with E-state index in [1.807, 2.05) is 0 Å². The number of aliphatic hydroxyl groups excluding tert-OH is 1. The van der Waals surface area contributed by atoms with Gasteiger partial charge in [0.25, 0.3) is 0 Å². The van der Waals surface area contributed by atoms with Crippen molar-refractivity contribution in [2.24, 2.45) is 0 Å². The molecule has 0 radical (unpaired) electrons. The van der Waals surface area contributed by atoms with Crippen molar-refractivity contribution in [3.63, 3.8) is 0 Å². The molecule has 1 atom stereocenters. The smallest absolute Gasteiger partial charge is 0.319 e. The van der Waals surface area contributed by atoms with Gasteiger partial charge in [0.15, 0.2) is 0 Å². The molecule has 116 valence electrons. The van der Waals surface area contributed by atoms with Gasteiger partial charge in [-0.25, -0.2) is 13.6 Å². The third kappa shape index (κ3) is 4.02. The summed E-state index contributed by atoms with van der Waals surface area (Å²) >= 11 is 0. The molecule has 0 bridgehead atoms. The Labute approximate surface area is 126 Å². The number of aryl methyl sites for hydroxylation is 1. The SMILES string of the molecule is Cc1ccc(NC(=O)NC[C@H](O)c2ccccc2F)cc1F. The van der Waals surface area contributed by atoms with Crippen LogP contribution < -0.4 is 10.6 Å². The standard InChI is InChI=1S/C16H16F2N2O2/c1-10-6-7-11(8-14(10)18)20-16(22)19-9-15(21)12-4-2-3-5-13(12)17/h2-8,15,21H,9H2,1H3,(H2,19,20,22)/t15-/m0/s1. The molecule has 0 aliphatic heterocycles. The van der Waals surface area contributed by atoms with Crippen LogP contribution in [-0.4, -0.2) is 17.7 Å². The largest absolute Gasteiger partial charge is 0.386 e. The lowest BCUT2D eigenvalue weighted by Crippen LogP contribution is -2.32. The van der Waals surface area contributed by atoms with Gasteiger partial charge in [-0.3, -0.25) is 0 Å². The Bertz CT molecular complexity index is 677. The van der Waals surface area contributed by atoms with Crippen LogP contribution in [0.4, 0.5) is 19.3 Å². The molecule has 0 aliphatic carbocycles. The lowest BCUT2D eigenvalue weighted by Gasteiger charge is -2.13. The molecule has 2 amide bonds. The fourth-order valence-electron chi connectivity index (χ4n) is 1.89. The first-order valence-corrected chi connectivity index (χ1v) is 6.71. The number of amides is 2. The monoisotopic (exact) mass is 306 g/mol. The summed E-state index contributed by atoms with van der Waals surface area (Å²) in [5.74, 6) is -0.970. The third-order valence-electron chi connectivity index (χ3n) is 3.15. The molecule has 2 aromatic rings. The Balaban J connectivity index is 1.90. The van der Waals surface area contributed by atoms with Crippen LogP contribution in [0.5, 0.6) is 0 Å². The Kier molecular flexibility index (Phi) is 5.06. The molecule has 3 N–H and O–H groups in total. The van der Waals surface area contributed by atoms with Crippen LogP contribution in [0, 0.1) is 18.6 Å². The van der Waals surface area contributed by atoms with Crippen molar-refractivity contribution in [3.05, 3.63) is 65.2 Å². The van der Waals surface area contributed by atoms with E-state index in [1.54, 1.807) is 25.1 Å². The zero-order chi connectivity index (χ0) is 16.1. The van der Waals surface area contributed by atoms with E-state index in [2.05, 4.69) is 10.6 Å². The number of hydrogen-bond acceptors (Lipinski definition) is 2. The van der Waals surface area contributed by atoms with Gasteiger partial charge in [0.05, 0.1) is 6.10 Å². The van der Waals surface area contributed by atoms with Crippen LogP contribution in [-0.2, 0) is 0 Å². The zero-order valence-electron chi connectivity index (χ0n) is 11.9. The summed E-state index contributed by atoms with van der Waals surface area (Å²) in [6.07, 6.45) is -1.17. The topological polar surface area (TPSA) is 61.4 Å². The fraction of sp³-hybridized carbons (Fsp3) is 0.188. The Morgan fingerprint density at radius 3 is 2.59 bits per heavy atom. The summed E-state index contributed by atoms with van der Waals surface area (Å²) in [5, 5.41) is 14.7. The van der Waals surface area contributed by atoms with E-state index in [4.69, 9.17) is 0 Å². The molecule has 0 saturated carbocycles. The average molecular weight is 306 g/mol. The maximum atomic E-state index is 13.5. The number of benzene rings is 2. The minimum absolute atomic E-state index is 0.101. The third-order valence-corrected chi connectivity index (χ3v) is 3.15. The number of anilines is 1. The summed E-state index contributed by atoms with van der Waals surface area (Å²) in [7, 11) is 0. The Hall–Kier alpha value is -2.47. The Morgan fingerprint density at radius 1 is 1.18 bits per heavy atom. The minimum Gasteiger partial charge on any atom is -0.386 e. The van der Waals surface area contributed by atoms with Gasteiger partial charge in [-0.05, 0) is 30.7 Å². The number of nitrogens with one attached hydrogen (secondary N) is 2. The average Bonchev–Trinajstić information content (AvgIpc) is 2.49. The van der Waals surface area contributed by atoms with Crippen molar-refractivity contribution < 1.29 is 18.7 Å². The number of carbonyl (C=O) groups excluding carboxylic acids is 1. The highest BCUT2D eigenvalue weighted by Gasteiger charge is 2.13. The zero-order valence-corrected chi connectivity index (χ0v) is 11.9. The molecule has 0 fully saturated rings. The van der Waals surface area contributed by atoms with Crippen LogP contribution in [0.3, 0.4) is 0 Å². The van der Waals surface area contributed by atoms with Gasteiger partial charge >= 0.3 is 6.03 Å². The van der Waals surface area contributed by atoms with E-state index in [-0.39, 0.29) is 12.1 Å². The van der Waals surface area contributed by atoms with Gasteiger partial charge in [-0.2, -0.15) is 0 Å². The molecule has 0 aliphatic rings. The first-order chi connectivity index (χ1) is 10.5. The van der Waals surface area contributed by atoms with E-state index in [9.17, 15) is 18.7 Å². The number of halogens is 2. The van der Waals surface area contributed by atoms with Crippen LogP contribution in [0.15, 0.2) is 42.5 Å². The molecule has 2 aromatic carbocycles. The van der Waals surface area contributed by atoms with Crippen molar-refractivity contribution in [2.75, 3.05) is 11.9 Å². The highest BCUT2D eigenvalue weighted by atomic mass is 19.1. The van der Waals surface area contributed by atoms with Crippen molar-refractivity contribution in [1.82, 2.24) is 5.32 Å². The van der Waals surface area contributed by atoms with E-state index in [0.717, 1.165) is 0 Å². The molecule has 0 heterocycles. The van der Waals surface area contributed by atoms with Crippen LogP contribution in [0.1, 0.15) is 17.2 Å². The molecule has 22 heavy (non-hydrogen) atoms.